The van der Waals surface area contributed by atoms with Gasteiger partial charge in [-0.05, 0) is 18.1 Å². The number of nitrogens with one attached hydrogen (secondary N) is 1. The Kier molecular flexibility index (Phi) is 7.46. The number of hydrogen-bond donors (Lipinski definition) is 1. The first-order valence-corrected chi connectivity index (χ1v) is 7.10. The Bertz CT molecular complexity index is 474. The van der Waals surface area contributed by atoms with Crippen LogP contribution in [0.2, 0.25) is 0 Å². The first-order valence-electron chi connectivity index (χ1n) is 7.10. The first-order chi connectivity index (χ1) is 10.0. The Morgan fingerprint density at radius 3 is 2.62 bits per heavy atom. The highest BCUT2D eigenvalue weighted by atomic mass is 16.5. The van der Waals surface area contributed by atoms with E-state index >= 15 is 0 Å². The predicted octanol–water partition coefficient (Wildman–Crippen LogP) is 1.50. The number of methoxy groups -OCH3 is 1. The SMILES string of the molecule is COCCNC(=O)CCN(Cc1ccccc1C)C(C)=O. The molecule has 116 valence electrons. The topological polar surface area (TPSA) is 58.6 Å². The second-order valence-electron chi connectivity index (χ2n) is 4.96. The van der Waals surface area contributed by atoms with Crippen molar-refractivity contribution in [1.29, 1.82) is 0 Å². The third-order valence-electron chi connectivity index (χ3n) is 3.30. The molecule has 1 aromatic carbocycles. The Labute approximate surface area is 126 Å². The van der Waals surface area contributed by atoms with Gasteiger partial charge in [0.1, 0.15) is 0 Å². The zero-order valence-electron chi connectivity index (χ0n) is 13.0. The minimum atomic E-state index is -0.0666. The highest BCUT2D eigenvalue weighted by molar-refractivity contribution is 5.78. The average Bonchev–Trinajstić information content (AvgIpc) is 2.45. The fourth-order valence-corrected chi connectivity index (χ4v) is 1.96. The molecule has 5 heteroatoms. The monoisotopic (exact) mass is 292 g/mol. The second-order valence-corrected chi connectivity index (χ2v) is 4.96. The van der Waals surface area contributed by atoms with Crippen LogP contribution in [0, 0.1) is 6.92 Å². The summed E-state index contributed by atoms with van der Waals surface area (Å²) in [6.45, 7) is 5.49. The van der Waals surface area contributed by atoms with Crippen LogP contribution in [0.15, 0.2) is 24.3 Å². The van der Waals surface area contributed by atoms with E-state index in [1.54, 1.807) is 12.0 Å². The molecule has 0 aliphatic carbocycles. The number of rotatable bonds is 8. The fraction of sp³-hybridized carbons (Fsp3) is 0.500. The molecule has 0 spiro atoms. The summed E-state index contributed by atoms with van der Waals surface area (Å²) in [4.78, 5) is 25.1. The normalized spacial score (nSPS) is 10.2. The Morgan fingerprint density at radius 1 is 1.29 bits per heavy atom. The zero-order chi connectivity index (χ0) is 15.7. The van der Waals surface area contributed by atoms with Gasteiger partial charge < -0.3 is 15.0 Å². The predicted molar refractivity (Wildman–Crippen MR) is 81.8 cm³/mol. The molecule has 0 aliphatic rings. The van der Waals surface area contributed by atoms with E-state index < -0.39 is 0 Å². The van der Waals surface area contributed by atoms with Crippen molar-refractivity contribution in [3.8, 4) is 0 Å². The van der Waals surface area contributed by atoms with Crippen LogP contribution in [0.5, 0.6) is 0 Å². The lowest BCUT2D eigenvalue weighted by Crippen LogP contribution is -2.34. The van der Waals surface area contributed by atoms with Crippen LogP contribution >= 0.6 is 0 Å². The summed E-state index contributed by atoms with van der Waals surface area (Å²) < 4.78 is 4.87. The van der Waals surface area contributed by atoms with Gasteiger partial charge in [-0.1, -0.05) is 24.3 Å². The van der Waals surface area contributed by atoms with Crippen LogP contribution in [0.1, 0.15) is 24.5 Å². The average molecular weight is 292 g/mol. The summed E-state index contributed by atoms with van der Waals surface area (Å²) in [6.07, 6.45) is 0.301. The molecule has 0 fully saturated rings. The van der Waals surface area contributed by atoms with Crippen LogP contribution in [0.3, 0.4) is 0 Å². The maximum Gasteiger partial charge on any atom is 0.221 e. The summed E-state index contributed by atoms with van der Waals surface area (Å²) in [6, 6.07) is 7.95. The van der Waals surface area contributed by atoms with E-state index in [9.17, 15) is 9.59 Å². The second kappa shape index (κ2) is 9.13. The van der Waals surface area contributed by atoms with E-state index in [2.05, 4.69) is 5.32 Å². The fourth-order valence-electron chi connectivity index (χ4n) is 1.96. The van der Waals surface area contributed by atoms with E-state index in [4.69, 9.17) is 4.74 Å². The molecule has 5 nitrogen and oxygen atoms in total. The van der Waals surface area contributed by atoms with Crippen molar-refractivity contribution < 1.29 is 14.3 Å². The minimum Gasteiger partial charge on any atom is -0.383 e. The molecule has 0 bridgehead atoms. The molecule has 0 heterocycles. The highest BCUT2D eigenvalue weighted by Gasteiger charge is 2.12. The third-order valence-corrected chi connectivity index (χ3v) is 3.30. The van der Waals surface area contributed by atoms with Crippen molar-refractivity contribution in [3.05, 3.63) is 35.4 Å². The quantitative estimate of drug-likeness (QED) is 0.739. The molecule has 0 saturated heterocycles. The van der Waals surface area contributed by atoms with Gasteiger partial charge in [-0.2, -0.15) is 0 Å². The molecule has 0 unspecified atom stereocenters. The van der Waals surface area contributed by atoms with Crippen LogP contribution in [-0.2, 0) is 20.9 Å². The lowest BCUT2D eigenvalue weighted by atomic mass is 10.1. The molecule has 0 saturated carbocycles. The van der Waals surface area contributed by atoms with Crippen LogP contribution in [0.25, 0.3) is 0 Å². The van der Waals surface area contributed by atoms with E-state index in [1.165, 1.54) is 6.92 Å². The number of amides is 2. The zero-order valence-corrected chi connectivity index (χ0v) is 13.0. The van der Waals surface area contributed by atoms with Crippen LogP contribution in [0.4, 0.5) is 0 Å². The number of carbonyl (C=O) groups excluding carboxylic acids is 2. The van der Waals surface area contributed by atoms with Crippen LogP contribution < -0.4 is 5.32 Å². The molecule has 0 aliphatic heterocycles. The van der Waals surface area contributed by atoms with Crippen molar-refractivity contribution in [3.63, 3.8) is 0 Å². The Morgan fingerprint density at radius 2 is 2.00 bits per heavy atom. The first kappa shape index (κ1) is 17.2. The highest BCUT2D eigenvalue weighted by Crippen LogP contribution is 2.11. The van der Waals surface area contributed by atoms with Crippen molar-refractivity contribution in [1.82, 2.24) is 10.2 Å². The molecule has 0 aromatic heterocycles. The molecule has 1 rings (SSSR count). The number of benzene rings is 1. The maximum absolute atomic E-state index is 11.7. The Hall–Kier alpha value is -1.88. The summed E-state index contributed by atoms with van der Waals surface area (Å²) >= 11 is 0. The molecular formula is C16H24N2O3. The molecular weight excluding hydrogens is 268 g/mol. The van der Waals surface area contributed by atoms with E-state index in [-0.39, 0.29) is 11.8 Å². The Balaban J connectivity index is 2.49. The number of aryl methyl sites for hydroxylation is 1. The number of nitrogens with zero attached hydrogens (tertiary/aromatic N) is 1. The lowest BCUT2D eigenvalue weighted by molar-refractivity contribution is -0.130. The summed E-state index contributed by atoms with van der Waals surface area (Å²) in [7, 11) is 1.59. The molecule has 0 atom stereocenters. The van der Waals surface area contributed by atoms with E-state index in [0.717, 1.165) is 11.1 Å². The summed E-state index contributed by atoms with van der Waals surface area (Å²) in [5, 5.41) is 2.75. The van der Waals surface area contributed by atoms with Gasteiger partial charge in [-0.15, -0.1) is 0 Å². The number of ether oxygens (including phenoxy) is 1. The lowest BCUT2D eigenvalue weighted by Gasteiger charge is -2.22. The van der Waals surface area contributed by atoms with Gasteiger partial charge in [-0.25, -0.2) is 0 Å². The van der Waals surface area contributed by atoms with E-state index in [1.807, 2.05) is 31.2 Å². The molecule has 21 heavy (non-hydrogen) atoms. The third kappa shape index (κ3) is 6.40. The van der Waals surface area contributed by atoms with Gasteiger partial charge in [-0.3, -0.25) is 9.59 Å². The van der Waals surface area contributed by atoms with Gasteiger partial charge in [0, 0.05) is 40.1 Å². The largest absolute Gasteiger partial charge is 0.383 e. The smallest absolute Gasteiger partial charge is 0.221 e. The van der Waals surface area contributed by atoms with Gasteiger partial charge in [0.2, 0.25) is 11.8 Å². The molecule has 0 radical (unpaired) electrons. The van der Waals surface area contributed by atoms with Crippen molar-refractivity contribution in [2.45, 2.75) is 26.8 Å². The molecule has 1 aromatic rings. The van der Waals surface area contributed by atoms with Crippen molar-refractivity contribution in [2.24, 2.45) is 0 Å². The van der Waals surface area contributed by atoms with Gasteiger partial charge in [0.05, 0.1) is 6.61 Å². The van der Waals surface area contributed by atoms with Crippen molar-refractivity contribution in [2.75, 3.05) is 26.8 Å². The molecule has 1 N–H and O–H groups in total. The molecule has 2 amide bonds. The maximum atomic E-state index is 11.7. The van der Waals surface area contributed by atoms with Gasteiger partial charge >= 0.3 is 0 Å². The van der Waals surface area contributed by atoms with Crippen LogP contribution in [-0.4, -0.2) is 43.5 Å². The number of hydrogen-bond acceptors (Lipinski definition) is 3. The summed E-state index contributed by atoms with van der Waals surface area (Å²) in [5.41, 5.74) is 2.25. The number of carbonyl (C=O) groups is 2. The van der Waals surface area contributed by atoms with E-state index in [0.29, 0.717) is 32.7 Å². The van der Waals surface area contributed by atoms with Crippen molar-refractivity contribution >= 4 is 11.8 Å². The van der Waals surface area contributed by atoms with Gasteiger partial charge in [0.15, 0.2) is 0 Å². The summed E-state index contributed by atoms with van der Waals surface area (Å²) in [5.74, 6) is -0.0916. The minimum absolute atomic E-state index is 0.0251. The van der Waals surface area contributed by atoms with Gasteiger partial charge in [0.25, 0.3) is 0 Å². The standard InChI is InChI=1S/C16H24N2O3/c1-13-6-4-5-7-15(13)12-18(14(2)19)10-8-16(20)17-9-11-21-3/h4-7H,8-12H2,1-3H3,(H,17,20).